The lowest BCUT2D eigenvalue weighted by Crippen LogP contribution is -2.61. The summed E-state index contributed by atoms with van der Waals surface area (Å²) >= 11 is 0. The van der Waals surface area contributed by atoms with E-state index in [1.54, 1.807) is 0 Å². The SMILES string of the molecule is CC/C=C\C/C=C\C/C=C\C/C=C\CCCCCCCCC(=O)OCC(COC1OC(C(=O)O)C(O)C(O)C1OC(=O)CCCCCCCCCCCCCCC)OC(=O)CCCCCCCCCCC/C=C\CCCCCCCC. The van der Waals surface area contributed by atoms with Gasteiger partial charge in [-0.05, 0) is 83.5 Å². The van der Waals surface area contributed by atoms with Crippen LogP contribution < -0.4 is 0 Å². The number of aliphatic hydroxyl groups excluding tert-OH is 2. The van der Waals surface area contributed by atoms with E-state index in [-0.39, 0.29) is 25.9 Å². The minimum absolute atomic E-state index is 0.0620. The first-order valence-electron chi connectivity index (χ1n) is 33.3. The zero-order chi connectivity index (χ0) is 58.9. The van der Waals surface area contributed by atoms with Crippen molar-refractivity contribution in [2.75, 3.05) is 13.2 Å². The topological polar surface area (TPSA) is 175 Å². The van der Waals surface area contributed by atoms with Gasteiger partial charge in [0, 0.05) is 19.3 Å². The highest BCUT2D eigenvalue weighted by Crippen LogP contribution is 2.27. The van der Waals surface area contributed by atoms with Crippen LogP contribution in [-0.4, -0.2) is 89.2 Å². The molecule has 1 fully saturated rings. The molecule has 0 aromatic carbocycles. The Morgan fingerprint density at radius 2 is 0.778 bits per heavy atom. The summed E-state index contributed by atoms with van der Waals surface area (Å²) in [4.78, 5) is 51.3. The Labute approximate surface area is 494 Å². The van der Waals surface area contributed by atoms with E-state index in [0.717, 1.165) is 109 Å². The van der Waals surface area contributed by atoms with Crippen molar-refractivity contribution in [1.29, 1.82) is 0 Å². The van der Waals surface area contributed by atoms with Gasteiger partial charge in [0.05, 0.1) is 6.61 Å². The van der Waals surface area contributed by atoms with Gasteiger partial charge in [0.1, 0.15) is 18.8 Å². The summed E-state index contributed by atoms with van der Waals surface area (Å²) in [6.07, 6.45) is 58.9. The Bertz CT molecular complexity index is 1640. The molecule has 468 valence electrons. The molecule has 81 heavy (non-hydrogen) atoms. The summed E-state index contributed by atoms with van der Waals surface area (Å²) in [6.45, 7) is 5.90. The molecule has 1 aliphatic rings. The highest BCUT2D eigenvalue weighted by Gasteiger charge is 2.50. The van der Waals surface area contributed by atoms with Gasteiger partial charge in [0.15, 0.2) is 24.6 Å². The molecule has 6 atom stereocenters. The molecule has 0 saturated carbocycles. The predicted octanol–water partition coefficient (Wildman–Crippen LogP) is 17.9. The summed E-state index contributed by atoms with van der Waals surface area (Å²) in [5, 5.41) is 31.6. The average molecular weight is 1140 g/mol. The number of carbonyl (C=O) groups excluding carboxylic acids is 3. The molecular weight excluding hydrogens is 1020 g/mol. The second kappa shape index (κ2) is 56.9. The summed E-state index contributed by atoms with van der Waals surface area (Å²) < 4.78 is 28.6. The van der Waals surface area contributed by atoms with E-state index in [2.05, 4.69) is 81.5 Å². The lowest BCUT2D eigenvalue weighted by atomic mass is 9.98. The number of unbranched alkanes of at least 4 members (excludes halogenated alkanes) is 33. The van der Waals surface area contributed by atoms with Crippen molar-refractivity contribution in [2.24, 2.45) is 0 Å². The zero-order valence-corrected chi connectivity index (χ0v) is 51.8. The molecule has 0 aliphatic carbocycles. The van der Waals surface area contributed by atoms with Gasteiger partial charge in [0.25, 0.3) is 0 Å². The van der Waals surface area contributed by atoms with Crippen LogP contribution in [0.15, 0.2) is 60.8 Å². The van der Waals surface area contributed by atoms with Crippen molar-refractivity contribution in [3.8, 4) is 0 Å². The second-order valence-corrected chi connectivity index (χ2v) is 22.7. The first-order chi connectivity index (χ1) is 39.6. The smallest absolute Gasteiger partial charge is 0.335 e. The van der Waals surface area contributed by atoms with Crippen LogP contribution in [0.2, 0.25) is 0 Å². The van der Waals surface area contributed by atoms with E-state index in [1.807, 2.05) is 0 Å². The van der Waals surface area contributed by atoms with Crippen LogP contribution in [0.5, 0.6) is 0 Å². The fourth-order valence-electron chi connectivity index (χ4n) is 10.0. The molecule has 0 aromatic rings. The standard InChI is InChI=1S/C69H120O12/c1-4-7-10-13-16-19-22-25-27-29-31-33-35-38-40-43-46-49-52-55-61(70)77-58-60(79-62(71)56-53-50-47-44-42-39-36-34-32-30-28-26-23-20-17-14-11-8-5-2)59-78-69-67(65(74)64(73)66(81-69)68(75)76)80-63(72)57-54-51-48-45-41-37-24-21-18-15-12-9-6-3/h7,10,16,19,25-28,31,33,60,64-67,69,73-74H,4-6,8-9,11-15,17-18,20-24,29-30,32,34-59H2,1-3H3,(H,75,76)/b10-7-,19-16-,27-25-,28-26-,33-31-. The number of ether oxygens (including phenoxy) is 5. The van der Waals surface area contributed by atoms with Crippen molar-refractivity contribution >= 4 is 23.9 Å². The van der Waals surface area contributed by atoms with Crippen LogP contribution in [0, 0.1) is 0 Å². The van der Waals surface area contributed by atoms with Crippen molar-refractivity contribution in [1.82, 2.24) is 0 Å². The molecule has 0 aromatic heterocycles. The van der Waals surface area contributed by atoms with Crippen molar-refractivity contribution in [3.63, 3.8) is 0 Å². The Morgan fingerprint density at radius 3 is 1.20 bits per heavy atom. The minimum Gasteiger partial charge on any atom is -0.479 e. The van der Waals surface area contributed by atoms with Gasteiger partial charge < -0.3 is 39.0 Å². The number of hydrogen-bond donors (Lipinski definition) is 3. The number of rotatable bonds is 57. The van der Waals surface area contributed by atoms with Crippen LogP contribution in [0.4, 0.5) is 0 Å². The Balaban J connectivity index is 2.65. The molecule has 12 nitrogen and oxygen atoms in total. The van der Waals surface area contributed by atoms with Gasteiger partial charge in [-0.15, -0.1) is 0 Å². The van der Waals surface area contributed by atoms with E-state index >= 15 is 0 Å². The third-order valence-electron chi connectivity index (χ3n) is 15.1. The molecule has 0 bridgehead atoms. The molecule has 0 spiro atoms. The summed E-state index contributed by atoms with van der Waals surface area (Å²) in [7, 11) is 0. The molecule has 1 heterocycles. The highest BCUT2D eigenvalue weighted by atomic mass is 16.7. The van der Waals surface area contributed by atoms with Crippen molar-refractivity contribution < 1.29 is 58.2 Å². The largest absolute Gasteiger partial charge is 0.479 e. The first kappa shape index (κ1) is 75.4. The lowest BCUT2D eigenvalue weighted by Gasteiger charge is -2.40. The summed E-state index contributed by atoms with van der Waals surface area (Å²) in [6, 6.07) is 0. The maximum absolute atomic E-state index is 13.2. The number of carboxylic acid groups (broad SMARTS) is 1. The molecule has 1 aliphatic heterocycles. The fourth-order valence-corrected chi connectivity index (χ4v) is 10.0. The number of esters is 3. The lowest BCUT2D eigenvalue weighted by molar-refractivity contribution is -0.301. The number of hydrogen-bond acceptors (Lipinski definition) is 11. The van der Waals surface area contributed by atoms with Gasteiger partial charge >= 0.3 is 23.9 Å². The molecule has 6 unspecified atom stereocenters. The summed E-state index contributed by atoms with van der Waals surface area (Å²) in [5.74, 6) is -3.12. The van der Waals surface area contributed by atoms with Gasteiger partial charge in [-0.3, -0.25) is 14.4 Å². The molecular formula is C69H120O12. The van der Waals surface area contributed by atoms with Crippen LogP contribution in [0.1, 0.15) is 303 Å². The van der Waals surface area contributed by atoms with Gasteiger partial charge in [0.2, 0.25) is 0 Å². The Morgan fingerprint density at radius 1 is 0.420 bits per heavy atom. The fraction of sp³-hybridized carbons (Fsp3) is 0.797. The van der Waals surface area contributed by atoms with E-state index < -0.39 is 67.3 Å². The second-order valence-electron chi connectivity index (χ2n) is 22.7. The van der Waals surface area contributed by atoms with Crippen LogP contribution in [-0.2, 0) is 42.9 Å². The first-order valence-corrected chi connectivity index (χ1v) is 33.3. The zero-order valence-electron chi connectivity index (χ0n) is 51.8. The molecule has 0 radical (unpaired) electrons. The van der Waals surface area contributed by atoms with Crippen molar-refractivity contribution in [3.05, 3.63) is 60.8 Å². The number of aliphatic hydroxyl groups is 2. The third kappa shape index (κ3) is 46.5. The van der Waals surface area contributed by atoms with Gasteiger partial charge in [-0.2, -0.15) is 0 Å². The molecule has 1 rings (SSSR count). The number of carboxylic acids is 1. The minimum atomic E-state index is -1.90. The molecule has 1 saturated heterocycles. The Kier molecular flexibility index (Phi) is 53.0. The van der Waals surface area contributed by atoms with Crippen molar-refractivity contribution in [2.45, 2.75) is 340 Å². The average Bonchev–Trinajstić information content (AvgIpc) is 3.46. The van der Waals surface area contributed by atoms with E-state index in [9.17, 15) is 34.5 Å². The monoisotopic (exact) mass is 1140 g/mol. The molecule has 12 heteroatoms. The Hall–Kier alpha value is -3.58. The molecule has 3 N–H and O–H groups in total. The van der Waals surface area contributed by atoms with E-state index in [4.69, 9.17) is 23.7 Å². The molecule has 0 amide bonds. The maximum Gasteiger partial charge on any atom is 0.335 e. The number of aliphatic carboxylic acids is 1. The van der Waals surface area contributed by atoms with Crippen LogP contribution >= 0.6 is 0 Å². The third-order valence-corrected chi connectivity index (χ3v) is 15.1. The van der Waals surface area contributed by atoms with E-state index in [1.165, 1.54) is 135 Å². The normalized spacial score (nSPS) is 18.1. The summed E-state index contributed by atoms with van der Waals surface area (Å²) in [5.41, 5.74) is 0. The quantitative estimate of drug-likeness (QED) is 0.0228. The number of carbonyl (C=O) groups is 4. The number of allylic oxidation sites excluding steroid dienone is 10. The van der Waals surface area contributed by atoms with Crippen LogP contribution in [0.25, 0.3) is 0 Å². The van der Waals surface area contributed by atoms with E-state index in [0.29, 0.717) is 19.3 Å². The van der Waals surface area contributed by atoms with Crippen LogP contribution in [0.3, 0.4) is 0 Å². The van der Waals surface area contributed by atoms with Gasteiger partial charge in [-0.1, -0.05) is 261 Å². The van der Waals surface area contributed by atoms with Gasteiger partial charge in [-0.25, -0.2) is 4.79 Å². The highest BCUT2D eigenvalue weighted by molar-refractivity contribution is 5.74. The predicted molar refractivity (Wildman–Crippen MR) is 331 cm³/mol. The maximum atomic E-state index is 13.2.